The van der Waals surface area contributed by atoms with Gasteiger partial charge in [0.25, 0.3) is 5.91 Å². The van der Waals surface area contributed by atoms with Crippen molar-refractivity contribution in [3.8, 4) is 27.6 Å². The molecule has 0 saturated carbocycles. The van der Waals surface area contributed by atoms with Crippen LogP contribution in [-0.2, 0) is 17.8 Å². The SMILES string of the molecule is CC(C)(O)CN1Cc2cc(-c3sc(CC(N)CCCNC=O)cc3-c3ccc(C#N)c(F)c3)ccc2C1=O. The van der Waals surface area contributed by atoms with Crippen LogP contribution in [0.25, 0.3) is 21.6 Å². The number of benzene rings is 2. The number of halogens is 1. The van der Waals surface area contributed by atoms with E-state index in [1.807, 2.05) is 30.3 Å². The van der Waals surface area contributed by atoms with Crippen molar-refractivity contribution >= 4 is 23.7 Å². The molecular formula is C29H31FN4O3S. The van der Waals surface area contributed by atoms with E-state index >= 15 is 0 Å². The van der Waals surface area contributed by atoms with Crippen molar-refractivity contribution in [1.29, 1.82) is 5.26 Å². The van der Waals surface area contributed by atoms with Crippen LogP contribution in [0, 0.1) is 17.1 Å². The van der Waals surface area contributed by atoms with E-state index in [9.17, 15) is 19.1 Å². The van der Waals surface area contributed by atoms with Crippen LogP contribution in [0.4, 0.5) is 4.39 Å². The van der Waals surface area contributed by atoms with Gasteiger partial charge >= 0.3 is 0 Å². The number of rotatable bonds is 11. The number of hydrogen-bond acceptors (Lipinski definition) is 6. The molecule has 1 unspecified atom stereocenters. The van der Waals surface area contributed by atoms with Gasteiger partial charge in [-0.15, -0.1) is 11.3 Å². The summed E-state index contributed by atoms with van der Waals surface area (Å²) in [6.45, 7) is 4.56. The van der Waals surface area contributed by atoms with Gasteiger partial charge in [-0.05, 0) is 80.1 Å². The fourth-order valence-electron chi connectivity index (χ4n) is 4.75. The molecule has 4 rings (SSSR count). The van der Waals surface area contributed by atoms with Crippen LogP contribution < -0.4 is 11.1 Å². The number of β-amino-alcohol motifs (C(OH)–C–C–N with tert-alkyl or cyclic N) is 1. The average Bonchev–Trinajstić information content (AvgIpc) is 3.41. The van der Waals surface area contributed by atoms with Gasteiger partial charge in [0.2, 0.25) is 6.41 Å². The van der Waals surface area contributed by atoms with Crippen LogP contribution in [-0.4, -0.2) is 47.1 Å². The highest BCUT2D eigenvalue weighted by atomic mass is 32.1. The van der Waals surface area contributed by atoms with Crippen LogP contribution in [0.15, 0.2) is 42.5 Å². The lowest BCUT2D eigenvalue weighted by molar-refractivity contribution is -0.109. The minimum atomic E-state index is -1.00. The number of thiophene rings is 1. The highest BCUT2D eigenvalue weighted by molar-refractivity contribution is 7.16. The molecule has 1 atom stereocenters. The van der Waals surface area contributed by atoms with E-state index in [1.54, 1.807) is 36.2 Å². The molecule has 2 heterocycles. The van der Waals surface area contributed by atoms with Gasteiger partial charge in [-0.2, -0.15) is 5.26 Å². The number of nitrogens with two attached hydrogens (primary N) is 1. The molecule has 9 heteroatoms. The van der Waals surface area contributed by atoms with Crippen LogP contribution in [0.5, 0.6) is 0 Å². The first kappa shape index (κ1) is 27.5. The van der Waals surface area contributed by atoms with E-state index < -0.39 is 11.4 Å². The summed E-state index contributed by atoms with van der Waals surface area (Å²) in [5, 5.41) is 22.0. The van der Waals surface area contributed by atoms with Gasteiger partial charge in [-0.25, -0.2) is 4.39 Å². The normalized spacial score (nSPS) is 13.8. The topological polar surface area (TPSA) is 119 Å². The summed E-state index contributed by atoms with van der Waals surface area (Å²) in [7, 11) is 0. The molecule has 1 aromatic heterocycles. The van der Waals surface area contributed by atoms with Crippen molar-refractivity contribution in [1.82, 2.24) is 10.2 Å². The third-order valence-corrected chi connectivity index (χ3v) is 7.66. The fraction of sp³-hybridized carbons (Fsp3) is 0.345. The molecule has 2 amide bonds. The number of fused-ring (bicyclic) bond motifs is 1. The maximum atomic E-state index is 14.6. The summed E-state index contributed by atoms with van der Waals surface area (Å²) < 4.78 is 14.6. The van der Waals surface area contributed by atoms with Gasteiger partial charge in [0, 0.05) is 46.6 Å². The van der Waals surface area contributed by atoms with Crippen LogP contribution >= 0.6 is 11.3 Å². The maximum Gasteiger partial charge on any atom is 0.254 e. The Morgan fingerprint density at radius 2 is 2.00 bits per heavy atom. The van der Waals surface area contributed by atoms with Gasteiger partial charge in [-0.1, -0.05) is 12.1 Å². The van der Waals surface area contributed by atoms with Gasteiger partial charge in [0.15, 0.2) is 0 Å². The van der Waals surface area contributed by atoms with Crippen molar-refractivity contribution in [3.05, 3.63) is 69.8 Å². The van der Waals surface area contributed by atoms with Crippen LogP contribution in [0.1, 0.15) is 53.1 Å². The lowest BCUT2D eigenvalue weighted by Gasteiger charge is -2.24. The molecule has 4 N–H and O–H groups in total. The molecule has 0 fully saturated rings. The number of carbonyl (C=O) groups is 2. The monoisotopic (exact) mass is 534 g/mol. The Kier molecular flexibility index (Phi) is 8.26. The van der Waals surface area contributed by atoms with Crippen molar-refractivity contribution in [3.63, 3.8) is 0 Å². The average molecular weight is 535 g/mol. The second kappa shape index (κ2) is 11.4. The Morgan fingerprint density at radius 3 is 2.68 bits per heavy atom. The molecule has 0 saturated heterocycles. The lowest BCUT2D eigenvalue weighted by atomic mass is 9.98. The minimum absolute atomic E-state index is 0.0142. The fourth-order valence-corrected chi connectivity index (χ4v) is 6.02. The molecule has 0 radical (unpaired) electrons. The van der Waals surface area contributed by atoms with Gasteiger partial charge in [0.05, 0.1) is 11.2 Å². The summed E-state index contributed by atoms with van der Waals surface area (Å²) >= 11 is 1.57. The van der Waals surface area contributed by atoms with Crippen molar-refractivity contribution in [2.24, 2.45) is 5.73 Å². The Bertz CT molecular complexity index is 1390. The number of hydrogen-bond donors (Lipinski definition) is 3. The molecule has 0 aliphatic carbocycles. The molecule has 1 aliphatic rings. The Labute approximate surface area is 225 Å². The van der Waals surface area contributed by atoms with E-state index in [4.69, 9.17) is 11.0 Å². The van der Waals surface area contributed by atoms with Gasteiger partial charge in [0.1, 0.15) is 11.9 Å². The van der Waals surface area contributed by atoms with E-state index in [1.165, 1.54) is 12.1 Å². The summed E-state index contributed by atoms with van der Waals surface area (Å²) in [5.74, 6) is -0.685. The summed E-state index contributed by atoms with van der Waals surface area (Å²) in [6, 6.07) is 14.1. The Balaban J connectivity index is 1.68. The van der Waals surface area contributed by atoms with Crippen molar-refractivity contribution in [2.45, 2.75) is 51.3 Å². The number of nitrogens with one attached hydrogen (secondary N) is 1. The van der Waals surface area contributed by atoms with E-state index in [0.717, 1.165) is 39.3 Å². The number of nitriles is 1. The maximum absolute atomic E-state index is 14.6. The van der Waals surface area contributed by atoms with Crippen LogP contribution in [0.3, 0.4) is 0 Å². The number of aliphatic hydroxyl groups is 1. The first-order valence-corrected chi connectivity index (χ1v) is 13.3. The summed E-state index contributed by atoms with van der Waals surface area (Å²) in [5.41, 5.74) is 9.25. The molecule has 198 valence electrons. The van der Waals surface area contributed by atoms with E-state index in [0.29, 0.717) is 37.0 Å². The molecule has 3 aromatic rings. The summed E-state index contributed by atoms with van der Waals surface area (Å²) in [4.78, 5) is 26.9. The van der Waals surface area contributed by atoms with Crippen LogP contribution in [0.2, 0.25) is 0 Å². The standard InChI is InChI=1S/C29H31FN4O3S/c1-29(2,37)16-34-15-21-10-19(7-8-24(21)28(34)36)27-25(18-5-6-20(14-31)26(30)11-18)13-23(38-27)12-22(32)4-3-9-33-17-35/h5-8,10-11,13,17,22,37H,3-4,9,12,15-16,32H2,1-2H3,(H,33,35). The van der Waals surface area contributed by atoms with Gasteiger partial charge < -0.3 is 21.1 Å². The number of amides is 2. The lowest BCUT2D eigenvalue weighted by Crippen LogP contribution is -2.38. The number of carbonyl (C=O) groups excluding carboxylic acids is 2. The third kappa shape index (κ3) is 6.27. The zero-order valence-corrected chi connectivity index (χ0v) is 22.3. The second-order valence-corrected chi connectivity index (χ2v) is 11.4. The Morgan fingerprint density at radius 1 is 1.24 bits per heavy atom. The van der Waals surface area contributed by atoms with Crippen molar-refractivity contribution < 1.29 is 19.1 Å². The smallest absolute Gasteiger partial charge is 0.254 e. The zero-order chi connectivity index (χ0) is 27.4. The highest BCUT2D eigenvalue weighted by Crippen LogP contribution is 2.41. The highest BCUT2D eigenvalue weighted by Gasteiger charge is 2.31. The summed E-state index contributed by atoms with van der Waals surface area (Å²) in [6.07, 6.45) is 2.81. The van der Waals surface area contributed by atoms with E-state index in [-0.39, 0.29) is 24.1 Å². The third-order valence-electron chi connectivity index (χ3n) is 6.45. The molecule has 0 bridgehead atoms. The first-order chi connectivity index (χ1) is 18.1. The van der Waals surface area contributed by atoms with Crippen molar-refractivity contribution in [2.75, 3.05) is 13.1 Å². The zero-order valence-electron chi connectivity index (χ0n) is 21.5. The molecule has 2 aromatic carbocycles. The van der Waals surface area contributed by atoms with Gasteiger partial charge in [-0.3, -0.25) is 9.59 Å². The molecule has 1 aliphatic heterocycles. The predicted molar refractivity (Wildman–Crippen MR) is 146 cm³/mol. The minimum Gasteiger partial charge on any atom is -0.389 e. The first-order valence-electron chi connectivity index (χ1n) is 12.5. The number of nitrogens with zero attached hydrogens (tertiary/aromatic N) is 2. The quantitative estimate of drug-likeness (QED) is 0.251. The largest absolute Gasteiger partial charge is 0.389 e. The molecule has 7 nitrogen and oxygen atoms in total. The second-order valence-electron chi connectivity index (χ2n) is 10.3. The molecular weight excluding hydrogens is 503 g/mol. The molecule has 0 spiro atoms. The molecule has 38 heavy (non-hydrogen) atoms. The predicted octanol–water partition coefficient (Wildman–Crippen LogP) is 4.22. The Hall–Kier alpha value is -3.58. The van der Waals surface area contributed by atoms with E-state index in [2.05, 4.69) is 5.32 Å².